The van der Waals surface area contributed by atoms with Gasteiger partial charge in [0, 0.05) is 27.5 Å². The maximum atomic E-state index is 11.1. The number of aliphatic carboxylic acids is 1. The normalized spacial score (nSPS) is 11.5. The van der Waals surface area contributed by atoms with E-state index in [0.717, 1.165) is 27.6 Å². The minimum Gasteiger partial charge on any atom is -0.496 e. The third kappa shape index (κ3) is 2.57. The maximum absolute atomic E-state index is 11.1. The molecule has 2 aromatic carbocycles. The van der Waals surface area contributed by atoms with Crippen LogP contribution in [0.25, 0.3) is 16.8 Å². The number of ether oxygens (including phenoxy) is 2. The predicted molar refractivity (Wildman–Crippen MR) is 83.1 cm³/mol. The highest BCUT2D eigenvalue weighted by molar-refractivity contribution is 6.00. The van der Waals surface area contributed by atoms with E-state index < -0.39 is 5.97 Å². The summed E-state index contributed by atoms with van der Waals surface area (Å²) in [7, 11) is 3.19. The van der Waals surface area contributed by atoms with Gasteiger partial charge in [-0.2, -0.15) is 0 Å². The topological polar surface area (TPSA) is 55.8 Å². The molecule has 0 amide bonds. The van der Waals surface area contributed by atoms with E-state index in [1.165, 1.54) is 0 Å². The molecule has 0 unspecified atom stereocenters. The Kier molecular flexibility index (Phi) is 4.17. The van der Waals surface area contributed by atoms with Gasteiger partial charge >= 0.3 is 5.97 Å². The molecule has 0 aliphatic heterocycles. The molecule has 2 aromatic rings. The van der Waals surface area contributed by atoms with Crippen LogP contribution in [-0.4, -0.2) is 25.3 Å². The first-order valence-corrected chi connectivity index (χ1v) is 6.56. The average molecular weight is 286 g/mol. The largest absolute Gasteiger partial charge is 0.496 e. The summed E-state index contributed by atoms with van der Waals surface area (Å²) in [6, 6.07) is 7.74. The Morgan fingerprint density at radius 1 is 1.10 bits per heavy atom. The third-order valence-electron chi connectivity index (χ3n) is 3.51. The second-order valence-corrected chi connectivity index (χ2v) is 4.78. The Bertz CT molecular complexity index is 729. The molecule has 1 N–H and O–H groups in total. The van der Waals surface area contributed by atoms with E-state index in [-0.39, 0.29) is 5.57 Å². The number of rotatable bonds is 4. The quantitative estimate of drug-likeness (QED) is 0.872. The second-order valence-electron chi connectivity index (χ2n) is 4.78. The Balaban J connectivity index is 2.90. The van der Waals surface area contributed by atoms with Gasteiger partial charge in [-0.15, -0.1) is 0 Å². The number of fused-ring (bicyclic) bond motifs is 1. The fourth-order valence-electron chi connectivity index (χ4n) is 2.45. The number of carbonyl (C=O) groups is 1. The average Bonchev–Trinajstić information content (AvgIpc) is 2.48. The molecule has 0 aliphatic carbocycles. The molecule has 4 heteroatoms. The number of hydrogen-bond donors (Lipinski definition) is 1. The SMILES string of the molecule is COc1c(C)c(/C=C(/C)C(=O)O)c(OC)c2ccccc12. The van der Waals surface area contributed by atoms with Crippen molar-refractivity contribution in [3.8, 4) is 11.5 Å². The van der Waals surface area contributed by atoms with Gasteiger partial charge in [-0.1, -0.05) is 24.3 Å². The number of benzene rings is 2. The first-order valence-electron chi connectivity index (χ1n) is 6.56. The zero-order chi connectivity index (χ0) is 15.6. The van der Waals surface area contributed by atoms with Crippen LogP contribution in [-0.2, 0) is 4.79 Å². The van der Waals surface area contributed by atoms with Gasteiger partial charge in [-0.25, -0.2) is 4.79 Å². The van der Waals surface area contributed by atoms with Crippen LogP contribution < -0.4 is 9.47 Å². The van der Waals surface area contributed by atoms with Crippen molar-refractivity contribution in [3.63, 3.8) is 0 Å². The van der Waals surface area contributed by atoms with Gasteiger partial charge in [0.15, 0.2) is 0 Å². The summed E-state index contributed by atoms with van der Waals surface area (Å²) in [5.41, 5.74) is 1.83. The van der Waals surface area contributed by atoms with Gasteiger partial charge in [0.25, 0.3) is 0 Å². The van der Waals surface area contributed by atoms with Crippen LogP contribution in [0, 0.1) is 6.92 Å². The smallest absolute Gasteiger partial charge is 0.331 e. The summed E-state index contributed by atoms with van der Waals surface area (Å²) >= 11 is 0. The Morgan fingerprint density at radius 2 is 1.62 bits per heavy atom. The van der Waals surface area contributed by atoms with Crippen molar-refractivity contribution in [1.29, 1.82) is 0 Å². The van der Waals surface area contributed by atoms with Crippen LogP contribution >= 0.6 is 0 Å². The molecule has 2 rings (SSSR count). The summed E-state index contributed by atoms with van der Waals surface area (Å²) in [4.78, 5) is 11.1. The van der Waals surface area contributed by atoms with Crippen molar-refractivity contribution in [2.24, 2.45) is 0 Å². The summed E-state index contributed by atoms with van der Waals surface area (Å²) in [6.45, 7) is 3.46. The van der Waals surface area contributed by atoms with Gasteiger partial charge in [0.2, 0.25) is 0 Å². The molecule has 21 heavy (non-hydrogen) atoms. The van der Waals surface area contributed by atoms with E-state index >= 15 is 0 Å². The first-order chi connectivity index (χ1) is 10.0. The van der Waals surface area contributed by atoms with E-state index in [9.17, 15) is 4.79 Å². The molecule has 0 heterocycles. The predicted octanol–water partition coefficient (Wildman–Crippen LogP) is 3.65. The molecule has 0 aliphatic rings. The third-order valence-corrected chi connectivity index (χ3v) is 3.51. The number of methoxy groups -OCH3 is 2. The van der Waals surface area contributed by atoms with Gasteiger partial charge < -0.3 is 14.6 Å². The molecule has 0 saturated heterocycles. The van der Waals surface area contributed by atoms with Crippen molar-refractivity contribution in [1.82, 2.24) is 0 Å². The molecule has 0 bridgehead atoms. The zero-order valence-corrected chi connectivity index (χ0v) is 12.6. The summed E-state index contributed by atoms with van der Waals surface area (Å²) in [5, 5.41) is 10.9. The lowest BCUT2D eigenvalue weighted by Crippen LogP contribution is -2.00. The first kappa shape index (κ1) is 14.9. The summed E-state index contributed by atoms with van der Waals surface area (Å²) < 4.78 is 11.0. The minimum absolute atomic E-state index is 0.244. The molecule has 0 spiro atoms. The highest BCUT2D eigenvalue weighted by Gasteiger charge is 2.17. The van der Waals surface area contributed by atoms with Crippen LogP contribution in [0.1, 0.15) is 18.1 Å². The van der Waals surface area contributed by atoms with Crippen molar-refractivity contribution >= 4 is 22.8 Å². The number of hydrogen-bond acceptors (Lipinski definition) is 3. The van der Waals surface area contributed by atoms with Crippen molar-refractivity contribution in [2.45, 2.75) is 13.8 Å². The van der Waals surface area contributed by atoms with Gasteiger partial charge in [0.1, 0.15) is 11.5 Å². The lowest BCUT2D eigenvalue weighted by Gasteiger charge is -2.17. The minimum atomic E-state index is -0.955. The van der Waals surface area contributed by atoms with Crippen molar-refractivity contribution < 1.29 is 19.4 Å². The molecular weight excluding hydrogens is 268 g/mol. The highest BCUT2D eigenvalue weighted by Crippen LogP contribution is 2.41. The van der Waals surface area contributed by atoms with Gasteiger partial charge in [-0.3, -0.25) is 0 Å². The Morgan fingerprint density at radius 3 is 2.10 bits per heavy atom. The number of carboxylic acids is 1. The molecule has 4 nitrogen and oxygen atoms in total. The molecule has 0 aromatic heterocycles. The standard InChI is InChI=1S/C17H18O4/c1-10(17(18)19)9-14-11(2)15(20-3)12-7-5-6-8-13(12)16(14)21-4/h5-9H,1-4H3,(H,18,19)/b10-9-. The second kappa shape index (κ2) is 5.87. The summed E-state index contributed by atoms with van der Waals surface area (Å²) in [6.07, 6.45) is 1.62. The molecule has 0 atom stereocenters. The fraction of sp³-hybridized carbons (Fsp3) is 0.235. The van der Waals surface area contributed by atoms with E-state index in [1.54, 1.807) is 27.2 Å². The van der Waals surface area contributed by atoms with Gasteiger partial charge in [0.05, 0.1) is 14.2 Å². The molecule has 110 valence electrons. The molecular formula is C17H18O4. The van der Waals surface area contributed by atoms with Crippen LogP contribution in [0.5, 0.6) is 11.5 Å². The molecule has 0 fully saturated rings. The van der Waals surface area contributed by atoms with Crippen LogP contribution in [0.2, 0.25) is 0 Å². The number of carboxylic acid groups (broad SMARTS) is 1. The maximum Gasteiger partial charge on any atom is 0.331 e. The highest BCUT2D eigenvalue weighted by atomic mass is 16.5. The van der Waals surface area contributed by atoms with Crippen LogP contribution in [0.15, 0.2) is 29.8 Å². The zero-order valence-electron chi connectivity index (χ0n) is 12.6. The molecule has 0 radical (unpaired) electrons. The molecule has 0 saturated carbocycles. The van der Waals surface area contributed by atoms with Crippen LogP contribution in [0.3, 0.4) is 0 Å². The fourth-order valence-corrected chi connectivity index (χ4v) is 2.45. The van der Waals surface area contributed by atoms with E-state index in [0.29, 0.717) is 5.75 Å². The van der Waals surface area contributed by atoms with Crippen LogP contribution in [0.4, 0.5) is 0 Å². The lowest BCUT2D eigenvalue weighted by atomic mass is 9.97. The van der Waals surface area contributed by atoms with E-state index in [1.807, 2.05) is 31.2 Å². The van der Waals surface area contributed by atoms with E-state index in [2.05, 4.69) is 0 Å². The monoisotopic (exact) mass is 286 g/mol. The van der Waals surface area contributed by atoms with Crippen molar-refractivity contribution in [3.05, 3.63) is 41.0 Å². The summed E-state index contributed by atoms with van der Waals surface area (Å²) in [5.74, 6) is 0.434. The Hall–Kier alpha value is -2.49. The lowest BCUT2D eigenvalue weighted by molar-refractivity contribution is -0.132. The van der Waals surface area contributed by atoms with Crippen molar-refractivity contribution in [2.75, 3.05) is 14.2 Å². The van der Waals surface area contributed by atoms with Gasteiger partial charge in [-0.05, 0) is 19.9 Å². The van der Waals surface area contributed by atoms with E-state index in [4.69, 9.17) is 14.6 Å². The Labute approximate surface area is 123 Å².